The molecule has 0 radical (unpaired) electrons. The molecule has 34 heavy (non-hydrogen) atoms. The molecule has 0 aliphatic rings. The largest absolute Gasteiger partial charge is 0.354 e. The number of primary sulfonamides is 1. The summed E-state index contributed by atoms with van der Waals surface area (Å²) in [6.45, 7) is 5.07. The Morgan fingerprint density at radius 1 is 0.971 bits per heavy atom. The molecule has 3 rings (SSSR count). The quantitative estimate of drug-likeness (QED) is 0.149. The minimum absolute atomic E-state index is 0.0177. The van der Waals surface area contributed by atoms with E-state index in [9.17, 15) is 8.42 Å². The predicted molar refractivity (Wildman–Crippen MR) is 132 cm³/mol. The molecule has 0 aliphatic heterocycles. The van der Waals surface area contributed by atoms with Gasteiger partial charge in [0.25, 0.3) is 5.95 Å². The Bertz CT molecular complexity index is 1270. The molecule has 0 atom stereocenters. The molecule has 12 nitrogen and oxygen atoms in total. The van der Waals surface area contributed by atoms with Crippen molar-refractivity contribution < 1.29 is 8.42 Å². The fourth-order valence-electron chi connectivity index (χ4n) is 2.59. The van der Waals surface area contributed by atoms with E-state index in [1.165, 1.54) is 24.3 Å². The SMILES string of the molecule is CCNc1nc(N=N/C(=N\Nc2ccc(S(N)(=O)=O)cc2)c2ccccc2Cl)nc(NCC)n1. The van der Waals surface area contributed by atoms with Crippen LogP contribution in [0.5, 0.6) is 0 Å². The van der Waals surface area contributed by atoms with Gasteiger partial charge in [-0.2, -0.15) is 20.1 Å². The molecule has 3 aromatic rings. The van der Waals surface area contributed by atoms with Gasteiger partial charge in [-0.25, -0.2) is 13.6 Å². The molecular formula is C20H23ClN10O2S. The predicted octanol–water partition coefficient (Wildman–Crippen LogP) is 3.59. The van der Waals surface area contributed by atoms with Crippen LogP contribution in [0.4, 0.5) is 23.5 Å². The highest BCUT2D eigenvalue weighted by Gasteiger charge is 2.11. The number of benzene rings is 2. The maximum absolute atomic E-state index is 11.4. The Morgan fingerprint density at radius 3 is 2.15 bits per heavy atom. The second-order valence-corrected chi connectivity index (χ2v) is 8.61. The van der Waals surface area contributed by atoms with E-state index in [4.69, 9.17) is 16.7 Å². The van der Waals surface area contributed by atoms with E-state index in [0.717, 1.165) is 0 Å². The molecule has 1 aromatic heterocycles. The number of sulfonamides is 1. The highest BCUT2D eigenvalue weighted by atomic mass is 35.5. The van der Waals surface area contributed by atoms with Crippen molar-refractivity contribution in [2.24, 2.45) is 20.5 Å². The van der Waals surface area contributed by atoms with Gasteiger partial charge >= 0.3 is 0 Å². The molecule has 0 unspecified atom stereocenters. The summed E-state index contributed by atoms with van der Waals surface area (Å²) in [5.41, 5.74) is 3.82. The molecule has 0 saturated carbocycles. The van der Waals surface area contributed by atoms with Crippen LogP contribution >= 0.6 is 11.6 Å². The number of aromatic nitrogens is 3. The lowest BCUT2D eigenvalue weighted by molar-refractivity contribution is 0.598. The number of amidine groups is 1. The number of hydrogen-bond donors (Lipinski definition) is 4. The molecular weight excluding hydrogens is 480 g/mol. The van der Waals surface area contributed by atoms with Crippen molar-refractivity contribution in [3.05, 3.63) is 59.1 Å². The van der Waals surface area contributed by atoms with Gasteiger partial charge in [-0.1, -0.05) is 23.7 Å². The van der Waals surface area contributed by atoms with Crippen LogP contribution < -0.4 is 21.2 Å². The second kappa shape index (κ2) is 11.4. The van der Waals surface area contributed by atoms with Crippen molar-refractivity contribution in [2.45, 2.75) is 18.7 Å². The smallest absolute Gasteiger partial charge is 0.275 e. The number of azo groups is 1. The third kappa shape index (κ3) is 6.91. The third-order valence-corrected chi connectivity index (χ3v) is 5.37. The van der Waals surface area contributed by atoms with Crippen LogP contribution in [0.3, 0.4) is 0 Å². The Morgan fingerprint density at radius 2 is 1.59 bits per heavy atom. The number of nitrogens with zero attached hydrogens (tertiary/aromatic N) is 6. The van der Waals surface area contributed by atoms with Crippen LogP contribution in [0.2, 0.25) is 5.02 Å². The molecule has 0 amide bonds. The Hall–Kier alpha value is -3.68. The Kier molecular flexibility index (Phi) is 8.40. The monoisotopic (exact) mass is 502 g/mol. The number of hydrazone groups is 1. The standard InChI is InChI=1S/C20H23ClN10O2S/c1-3-23-18-25-19(24-4-2)27-20(26-18)31-30-17(15-7-5-6-8-16(15)21)29-28-13-9-11-14(12-10-13)34(22,32)33/h5-12,28H,3-4H2,1-2H3,(H2,22,32,33)(H2,23,24,25,26,27)/b29-17-,31-30?. The van der Waals surface area contributed by atoms with Crippen LogP contribution in [0.25, 0.3) is 0 Å². The van der Waals surface area contributed by atoms with Gasteiger partial charge in [0.15, 0.2) is 0 Å². The van der Waals surface area contributed by atoms with Crippen molar-refractivity contribution in [1.82, 2.24) is 15.0 Å². The summed E-state index contributed by atoms with van der Waals surface area (Å²) in [5.74, 6) is 0.925. The van der Waals surface area contributed by atoms with E-state index in [2.05, 4.69) is 46.3 Å². The number of nitrogens with one attached hydrogen (secondary N) is 3. The van der Waals surface area contributed by atoms with Crippen molar-refractivity contribution in [3.8, 4) is 0 Å². The first-order chi connectivity index (χ1) is 16.3. The normalized spacial score (nSPS) is 12.1. The fraction of sp³-hybridized carbons (Fsp3) is 0.200. The highest BCUT2D eigenvalue weighted by Crippen LogP contribution is 2.20. The summed E-state index contributed by atoms with van der Waals surface area (Å²) >= 11 is 6.33. The Labute approximate surface area is 201 Å². The lowest BCUT2D eigenvalue weighted by atomic mass is 10.2. The van der Waals surface area contributed by atoms with E-state index in [-0.39, 0.29) is 16.7 Å². The number of hydrogen-bond acceptors (Lipinski definition) is 10. The van der Waals surface area contributed by atoms with Crippen molar-refractivity contribution in [1.29, 1.82) is 0 Å². The van der Waals surface area contributed by atoms with Crippen LogP contribution in [0.15, 0.2) is 68.8 Å². The van der Waals surface area contributed by atoms with E-state index in [1.807, 2.05) is 13.8 Å². The van der Waals surface area contributed by atoms with E-state index < -0.39 is 10.0 Å². The van der Waals surface area contributed by atoms with E-state index >= 15 is 0 Å². The molecule has 0 bridgehead atoms. The maximum Gasteiger partial charge on any atom is 0.275 e. The van der Waals surface area contributed by atoms with Crippen molar-refractivity contribution in [2.75, 3.05) is 29.1 Å². The van der Waals surface area contributed by atoms with Gasteiger partial charge in [0.1, 0.15) is 0 Å². The molecule has 178 valence electrons. The lowest BCUT2D eigenvalue weighted by Crippen LogP contribution is -2.11. The summed E-state index contributed by atoms with van der Waals surface area (Å²) < 4.78 is 22.9. The molecule has 0 fully saturated rings. The average Bonchev–Trinajstić information content (AvgIpc) is 2.80. The molecule has 5 N–H and O–H groups in total. The minimum atomic E-state index is -3.80. The van der Waals surface area contributed by atoms with Gasteiger partial charge in [-0.15, -0.1) is 10.2 Å². The first-order valence-corrected chi connectivity index (χ1v) is 12.1. The van der Waals surface area contributed by atoms with Gasteiger partial charge < -0.3 is 10.6 Å². The zero-order chi connectivity index (χ0) is 24.6. The number of anilines is 3. The summed E-state index contributed by atoms with van der Waals surface area (Å²) in [5, 5.41) is 24.2. The molecule has 0 spiro atoms. The van der Waals surface area contributed by atoms with Crippen LogP contribution in [-0.4, -0.2) is 42.3 Å². The Balaban J connectivity index is 1.94. The van der Waals surface area contributed by atoms with Crippen LogP contribution in [0.1, 0.15) is 19.4 Å². The summed E-state index contributed by atoms with van der Waals surface area (Å²) in [6.07, 6.45) is 0. The number of halogens is 1. The van der Waals surface area contributed by atoms with Crippen LogP contribution in [-0.2, 0) is 10.0 Å². The highest BCUT2D eigenvalue weighted by molar-refractivity contribution is 7.89. The van der Waals surface area contributed by atoms with Crippen molar-refractivity contribution in [3.63, 3.8) is 0 Å². The summed E-state index contributed by atoms with van der Waals surface area (Å²) in [4.78, 5) is 12.7. The van der Waals surface area contributed by atoms with Gasteiger partial charge in [0.2, 0.25) is 27.8 Å². The fourth-order valence-corrected chi connectivity index (χ4v) is 3.33. The molecule has 2 aromatic carbocycles. The van der Waals surface area contributed by atoms with Gasteiger partial charge in [-0.3, -0.25) is 5.43 Å². The second-order valence-electron chi connectivity index (χ2n) is 6.64. The van der Waals surface area contributed by atoms with E-state index in [1.54, 1.807) is 24.3 Å². The van der Waals surface area contributed by atoms with Crippen LogP contribution in [0, 0.1) is 0 Å². The average molecular weight is 503 g/mol. The third-order valence-electron chi connectivity index (χ3n) is 4.12. The lowest BCUT2D eigenvalue weighted by Gasteiger charge is -2.07. The molecule has 1 heterocycles. The van der Waals surface area contributed by atoms with Gasteiger partial charge in [0, 0.05) is 18.7 Å². The summed E-state index contributed by atoms with van der Waals surface area (Å²) in [7, 11) is -3.80. The van der Waals surface area contributed by atoms with Gasteiger partial charge in [0.05, 0.1) is 15.6 Å². The first kappa shape index (κ1) is 25.0. The van der Waals surface area contributed by atoms with E-state index in [0.29, 0.717) is 41.3 Å². The zero-order valence-electron chi connectivity index (χ0n) is 18.4. The molecule has 0 saturated heterocycles. The summed E-state index contributed by atoms with van der Waals surface area (Å²) in [6, 6.07) is 12.7. The number of nitrogens with two attached hydrogens (primary N) is 1. The molecule has 14 heteroatoms. The first-order valence-electron chi connectivity index (χ1n) is 10.2. The topological polar surface area (TPSA) is 172 Å². The van der Waals surface area contributed by atoms with Gasteiger partial charge in [-0.05, 0) is 50.2 Å². The number of rotatable bonds is 9. The zero-order valence-corrected chi connectivity index (χ0v) is 20.0. The molecule has 0 aliphatic carbocycles. The van der Waals surface area contributed by atoms with Crippen molar-refractivity contribution >= 4 is 51.0 Å². The maximum atomic E-state index is 11.4. The minimum Gasteiger partial charge on any atom is -0.354 e.